The predicted octanol–water partition coefficient (Wildman–Crippen LogP) is 7.34. The molecule has 0 aliphatic carbocycles. The number of halogens is 2. The van der Waals surface area contributed by atoms with Gasteiger partial charge in [-0.25, -0.2) is 0 Å². The van der Waals surface area contributed by atoms with Crippen LogP contribution in [0.3, 0.4) is 0 Å². The van der Waals surface area contributed by atoms with Crippen LogP contribution in [0.4, 0.5) is 17.1 Å². The van der Waals surface area contributed by atoms with Gasteiger partial charge in [0.25, 0.3) is 16.0 Å². The molecule has 0 bridgehead atoms. The minimum Gasteiger partial charge on any atom is -0.505 e. The molecule has 4 rings (SSSR count). The first-order chi connectivity index (χ1) is 18.0. The lowest BCUT2D eigenvalue weighted by Gasteiger charge is -2.12. The number of fused-ring (bicyclic) bond motifs is 1. The van der Waals surface area contributed by atoms with Gasteiger partial charge in [0.1, 0.15) is 17.1 Å². The number of aromatic hydroxyl groups is 1. The van der Waals surface area contributed by atoms with E-state index in [2.05, 4.69) is 15.5 Å². The number of phenols is 1. The number of rotatable bonds is 7. The molecular formula is C26H21Cl2N3O6S. The summed E-state index contributed by atoms with van der Waals surface area (Å²) in [5.74, 6) is -0.616. The number of benzene rings is 4. The van der Waals surface area contributed by atoms with Gasteiger partial charge in [0.15, 0.2) is 5.75 Å². The Balaban J connectivity index is 1.81. The fourth-order valence-corrected chi connectivity index (χ4v) is 4.93. The summed E-state index contributed by atoms with van der Waals surface area (Å²) in [6.07, 6.45) is 0.329. The van der Waals surface area contributed by atoms with E-state index in [1.165, 1.54) is 25.3 Å². The monoisotopic (exact) mass is 573 g/mol. The second-order valence-electron chi connectivity index (χ2n) is 8.12. The highest BCUT2D eigenvalue weighted by molar-refractivity contribution is 7.85. The van der Waals surface area contributed by atoms with Crippen molar-refractivity contribution in [2.45, 2.75) is 18.2 Å². The Hall–Kier alpha value is -3.70. The van der Waals surface area contributed by atoms with Crippen molar-refractivity contribution < 1.29 is 27.6 Å². The summed E-state index contributed by atoms with van der Waals surface area (Å²) in [4.78, 5) is 12.8. The smallest absolute Gasteiger partial charge is 0.294 e. The topological polar surface area (TPSA) is 138 Å². The van der Waals surface area contributed by atoms with Crippen molar-refractivity contribution in [1.29, 1.82) is 0 Å². The van der Waals surface area contributed by atoms with Gasteiger partial charge >= 0.3 is 0 Å². The van der Waals surface area contributed by atoms with Gasteiger partial charge in [0, 0.05) is 22.2 Å². The number of amides is 1. The number of carbonyl (C=O) groups is 1. The molecule has 0 unspecified atom stereocenters. The molecule has 0 saturated heterocycles. The van der Waals surface area contributed by atoms with E-state index < -0.39 is 21.8 Å². The molecule has 9 nitrogen and oxygen atoms in total. The Morgan fingerprint density at radius 2 is 1.74 bits per heavy atom. The molecule has 0 atom stereocenters. The average Bonchev–Trinajstić information content (AvgIpc) is 2.87. The summed E-state index contributed by atoms with van der Waals surface area (Å²) < 4.78 is 37.7. The van der Waals surface area contributed by atoms with Crippen LogP contribution in [0, 0.1) is 0 Å². The first-order valence-electron chi connectivity index (χ1n) is 11.1. The maximum absolute atomic E-state index is 13.2. The number of nitrogens with one attached hydrogen (secondary N) is 1. The van der Waals surface area contributed by atoms with Crippen LogP contribution in [0.2, 0.25) is 10.0 Å². The molecule has 4 aromatic rings. The van der Waals surface area contributed by atoms with Gasteiger partial charge in [-0.15, -0.1) is 10.2 Å². The lowest BCUT2D eigenvalue weighted by atomic mass is 10.0. The quantitative estimate of drug-likeness (QED) is 0.156. The number of ether oxygens (including phenoxy) is 1. The number of aryl methyl sites for hydroxylation is 1. The Morgan fingerprint density at radius 1 is 1.03 bits per heavy atom. The molecule has 0 fully saturated rings. The van der Waals surface area contributed by atoms with Crippen molar-refractivity contribution >= 4 is 67.1 Å². The van der Waals surface area contributed by atoms with E-state index in [0.717, 1.165) is 6.07 Å². The molecule has 196 valence electrons. The van der Waals surface area contributed by atoms with Crippen LogP contribution in [0.5, 0.6) is 11.5 Å². The maximum Gasteiger partial charge on any atom is 0.294 e. The molecule has 0 saturated carbocycles. The number of carbonyl (C=O) groups excluding carboxylic acids is 1. The SMILES string of the molecule is CCc1cc(S(=O)(=O)O)cc(Cl)c1N=Nc1c(O)c(C(=O)Nc2cc(Cl)cc(OC)c2)cc2ccccc12. The van der Waals surface area contributed by atoms with Crippen LogP contribution >= 0.6 is 23.2 Å². The third kappa shape index (κ3) is 5.73. The van der Waals surface area contributed by atoms with Crippen LogP contribution in [0.15, 0.2) is 75.8 Å². The highest BCUT2D eigenvalue weighted by atomic mass is 35.5. The largest absolute Gasteiger partial charge is 0.505 e. The minimum absolute atomic E-state index is 0.00824. The molecule has 0 heterocycles. The third-order valence-corrected chi connectivity index (χ3v) is 6.99. The summed E-state index contributed by atoms with van der Waals surface area (Å²) in [5.41, 5.74) is 0.856. The lowest BCUT2D eigenvalue weighted by molar-refractivity contribution is 0.102. The van der Waals surface area contributed by atoms with E-state index in [0.29, 0.717) is 39.2 Å². The molecule has 0 aliphatic rings. The number of methoxy groups -OCH3 is 1. The summed E-state index contributed by atoms with van der Waals surface area (Å²) in [7, 11) is -3.01. The zero-order chi connectivity index (χ0) is 27.6. The second-order valence-corrected chi connectivity index (χ2v) is 10.4. The van der Waals surface area contributed by atoms with Crippen molar-refractivity contribution in [2.24, 2.45) is 10.2 Å². The molecule has 4 aromatic carbocycles. The molecule has 3 N–H and O–H groups in total. The number of anilines is 1. The lowest BCUT2D eigenvalue weighted by Crippen LogP contribution is -2.12. The van der Waals surface area contributed by atoms with Crippen LogP contribution in [0.1, 0.15) is 22.8 Å². The molecule has 1 amide bonds. The zero-order valence-electron chi connectivity index (χ0n) is 20.1. The number of hydrogen-bond donors (Lipinski definition) is 3. The van der Waals surface area contributed by atoms with Crippen LogP contribution in [0.25, 0.3) is 10.8 Å². The number of azo groups is 1. The Labute approximate surface area is 228 Å². The van der Waals surface area contributed by atoms with Gasteiger partial charge in [-0.3, -0.25) is 9.35 Å². The Bertz CT molecular complexity index is 1710. The van der Waals surface area contributed by atoms with Gasteiger partial charge in [0.2, 0.25) is 0 Å². The number of phenolic OH excluding ortho intramolecular Hbond substituents is 1. The highest BCUT2D eigenvalue weighted by Crippen LogP contribution is 2.41. The normalized spacial score (nSPS) is 11.7. The molecule has 0 aromatic heterocycles. The summed E-state index contributed by atoms with van der Waals surface area (Å²) in [5, 5.41) is 23.6. The Kier molecular flexibility index (Phi) is 7.89. The zero-order valence-corrected chi connectivity index (χ0v) is 22.4. The van der Waals surface area contributed by atoms with Gasteiger partial charge in [-0.05, 0) is 47.7 Å². The van der Waals surface area contributed by atoms with Crippen molar-refractivity contribution in [2.75, 3.05) is 12.4 Å². The van der Waals surface area contributed by atoms with E-state index in [4.69, 9.17) is 27.9 Å². The van der Waals surface area contributed by atoms with E-state index in [1.54, 1.807) is 43.3 Å². The summed E-state index contributed by atoms with van der Waals surface area (Å²) in [6.45, 7) is 1.75. The number of nitrogens with zero attached hydrogens (tertiary/aromatic N) is 2. The standard InChI is InChI=1S/C26H21Cl2N3O6S/c1-3-14-8-19(38(34,35)36)13-22(28)23(14)30-31-24-20-7-5-4-6-15(20)9-21(25(24)32)26(33)29-17-10-16(27)11-18(12-17)37-2/h4-13,32H,3H2,1-2H3,(H,29,33)(H,34,35,36). The van der Waals surface area contributed by atoms with Crippen molar-refractivity contribution in [3.8, 4) is 11.5 Å². The molecule has 38 heavy (non-hydrogen) atoms. The van der Waals surface area contributed by atoms with Crippen molar-refractivity contribution in [3.63, 3.8) is 0 Å². The first kappa shape index (κ1) is 27.3. The number of hydrogen-bond acceptors (Lipinski definition) is 7. The summed E-state index contributed by atoms with van der Waals surface area (Å²) >= 11 is 12.4. The fourth-order valence-electron chi connectivity index (χ4n) is 3.80. The van der Waals surface area contributed by atoms with Gasteiger partial charge < -0.3 is 15.2 Å². The predicted molar refractivity (Wildman–Crippen MR) is 146 cm³/mol. The third-order valence-electron chi connectivity index (χ3n) is 5.65. The van der Waals surface area contributed by atoms with E-state index in [-0.39, 0.29) is 26.9 Å². The van der Waals surface area contributed by atoms with E-state index >= 15 is 0 Å². The van der Waals surface area contributed by atoms with Crippen molar-refractivity contribution in [3.05, 3.63) is 81.8 Å². The highest BCUT2D eigenvalue weighted by Gasteiger charge is 2.20. The molecule has 12 heteroatoms. The van der Waals surface area contributed by atoms with E-state index in [1.807, 2.05) is 0 Å². The molecular weight excluding hydrogens is 553 g/mol. The fraction of sp³-hybridized carbons (Fsp3) is 0.115. The van der Waals surface area contributed by atoms with Crippen LogP contribution in [-0.2, 0) is 16.5 Å². The molecule has 0 aliphatic heterocycles. The second kappa shape index (κ2) is 11.0. The minimum atomic E-state index is -4.48. The maximum atomic E-state index is 13.2. The molecule has 0 radical (unpaired) electrons. The van der Waals surface area contributed by atoms with Crippen LogP contribution in [-0.4, -0.2) is 31.1 Å². The van der Waals surface area contributed by atoms with E-state index in [9.17, 15) is 22.9 Å². The van der Waals surface area contributed by atoms with Gasteiger partial charge in [-0.1, -0.05) is 54.4 Å². The average molecular weight is 574 g/mol. The summed E-state index contributed by atoms with van der Waals surface area (Å²) in [6, 6.07) is 15.5. The van der Waals surface area contributed by atoms with Crippen molar-refractivity contribution in [1.82, 2.24) is 0 Å². The van der Waals surface area contributed by atoms with Crippen LogP contribution < -0.4 is 10.1 Å². The molecule has 0 spiro atoms. The first-order valence-corrected chi connectivity index (χ1v) is 13.3. The van der Waals surface area contributed by atoms with Gasteiger partial charge in [0.05, 0.1) is 22.6 Å². The Morgan fingerprint density at radius 3 is 2.42 bits per heavy atom. The van der Waals surface area contributed by atoms with Gasteiger partial charge in [-0.2, -0.15) is 8.42 Å².